The summed E-state index contributed by atoms with van der Waals surface area (Å²) < 4.78 is 5.49. The van der Waals surface area contributed by atoms with Crippen molar-refractivity contribution in [2.24, 2.45) is 0 Å². The maximum absolute atomic E-state index is 12.1. The van der Waals surface area contributed by atoms with Gasteiger partial charge in [0, 0.05) is 22.6 Å². The lowest BCUT2D eigenvalue weighted by atomic mass is 10.0. The zero-order chi connectivity index (χ0) is 19.6. The first-order valence-corrected chi connectivity index (χ1v) is 10.4. The number of rotatable bonds is 5. The Balaban J connectivity index is 1.34. The van der Waals surface area contributed by atoms with E-state index in [4.69, 9.17) is 4.42 Å². The van der Waals surface area contributed by atoms with Crippen LogP contribution in [-0.2, 0) is 13.1 Å². The first kappa shape index (κ1) is 18.1. The molecule has 2 atom stereocenters. The zero-order valence-corrected chi connectivity index (χ0v) is 16.4. The average molecular weight is 386 g/mol. The van der Waals surface area contributed by atoms with E-state index in [0.29, 0.717) is 11.6 Å². The summed E-state index contributed by atoms with van der Waals surface area (Å²) in [6.45, 7) is 4.26. The van der Waals surface area contributed by atoms with Crippen molar-refractivity contribution < 1.29 is 14.6 Å². The summed E-state index contributed by atoms with van der Waals surface area (Å²) in [5.41, 5.74) is 2.90. The van der Waals surface area contributed by atoms with Gasteiger partial charge in [0.25, 0.3) is 0 Å². The Morgan fingerprint density at radius 3 is 2.72 bits per heavy atom. The number of nitrogens with one attached hydrogen (secondary N) is 1. The minimum absolute atomic E-state index is 0.265. The van der Waals surface area contributed by atoms with Crippen LogP contribution in [0.25, 0.3) is 21.7 Å². The summed E-state index contributed by atoms with van der Waals surface area (Å²) in [6, 6.07) is 25.2. The van der Waals surface area contributed by atoms with E-state index in [1.807, 2.05) is 24.3 Å². The van der Waals surface area contributed by atoms with Crippen molar-refractivity contribution in [1.29, 1.82) is 0 Å². The summed E-state index contributed by atoms with van der Waals surface area (Å²) in [4.78, 5) is 13.7. The summed E-state index contributed by atoms with van der Waals surface area (Å²) >= 11 is 0. The van der Waals surface area contributed by atoms with E-state index in [0.717, 1.165) is 36.0 Å². The van der Waals surface area contributed by atoms with Crippen LogP contribution in [0.1, 0.15) is 17.5 Å². The predicted molar refractivity (Wildman–Crippen MR) is 115 cm³/mol. The van der Waals surface area contributed by atoms with Gasteiger partial charge in [-0.05, 0) is 16.8 Å². The number of nitrogens with two attached hydrogens (primary N) is 1. The third kappa shape index (κ3) is 3.82. The lowest BCUT2D eigenvalue weighted by Crippen LogP contribution is -3.10. The number of likely N-dealkylation sites (tertiary alicyclic amines) is 1. The van der Waals surface area contributed by atoms with Crippen molar-refractivity contribution in [1.82, 2.24) is 0 Å². The average Bonchev–Trinajstić information content (AvgIpc) is 3.19. The van der Waals surface area contributed by atoms with Crippen molar-refractivity contribution in [3.05, 3.63) is 94.3 Å². The summed E-state index contributed by atoms with van der Waals surface area (Å²) in [5.74, 6) is 0. The Bertz CT molecular complexity index is 1200. The van der Waals surface area contributed by atoms with Gasteiger partial charge in [-0.2, -0.15) is 0 Å². The molecule has 0 saturated carbocycles. The highest BCUT2D eigenvalue weighted by atomic mass is 16.4. The van der Waals surface area contributed by atoms with Crippen LogP contribution in [0.5, 0.6) is 0 Å². The molecule has 0 spiro atoms. The normalized spacial score (nSPS) is 19.2. The zero-order valence-electron chi connectivity index (χ0n) is 16.4. The van der Waals surface area contributed by atoms with Gasteiger partial charge in [-0.15, -0.1) is 0 Å². The number of quaternary nitrogens is 2. The van der Waals surface area contributed by atoms with Crippen molar-refractivity contribution in [3.63, 3.8) is 0 Å². The molecule has 5 rings (SSSR count). The molecule has 0 radical (unpaired) electrons. The van der Waals surface area contributed by atoms with Crippen LogP contribution in [0.4, 0.5) is 0 Å². The van der Waals surface area contributed by atoms with Crippen LogP contribution in [0.2, 0.25) is 0 Å². The third-order valence-electron chi connectivity index (χ3n) is 6.10. The fraction of sp³-hybridized carbons (Fsp3) is 0.240. The van der Waals surface area contributed by atoms with Crippen LogP contribution >= 0.6 is 0 Å². The molecule has 2 heterocycles. The molecule has 4 nitrogen and oxygen atoms in total. The monoisotopic (exact) mass is 386 g/mol. The summed E-state index contributed by atoms with van der Waals surface area (Å²) in [5, 5.41) is 5.81. The van der Waals surface area contributed by atoms with Crippen molar-refractivity contribution in [2.75, 3.05) is 13.1 Å². The van der Waals surface area contributed by atoms with Crippen LogP contribution < -0.4 is 15.8 Å². The van der Waals surface area contributed by atoms with E-state index in [1.54, 1.807) is 11.0 Å². The molecule has 0 amide bonds. The smallest absolute Gasteiger partial charge is 0.336 e. The van der Waals surface area contributed by atoms with Gasteiger partial charge in [0.15, 0.2) is 0 Å². The maximum Gasteiger partial charge on any atom is 0.336 e. The minimum atomic E-state index is -0.265. The lowest BCUT2D eigenvalue weighted by Gasteiger charge is -2.13. The first-order valence-electron chi connectivity index (χ1n) is 10.4. The maximum atomic E-state index is 12.1. The van der Waals surface area contributed by atoms with Gasteiger partial charge in [0.2, 0.25) is 0 Å². The second-order valence-electron chi connectivity index (χ2n) is 8.11. The van der Waals surface area contributed by atoms with E-state index in [2.05, 4.69) is 47.8 Å². The largest absolute Gasteiger partial charge is 0.423 e. The topological polar surface area (TPSA) is 51.3 Å². The molecule has 1 aliphatic heterocycles. The van der Waals surface area contributed by atoms with Crippen LogP contribution in [0.3, 0.4) is 0 Å². The summed E-state index contributed by atoms with van der Waals surface area (Å²) in [7, 11) is 0. The van der Waals surface area contributed by atoms with Crippen molar-refractivity contribution in [2.45, 2.75) is 25.6 Å². The predicted octanol–water partition coefficient (Wildman–Crippen LogP) is 1.87. The third-order valence-corrected chi connectivity index (χ3v) is 6.10. The standard InChI is InChI=1S/C25H24N2O2/c28-24-14-20(25-22-9-5-4-8-19(22)10-11-23(25)29-24)15-26-21-12-13-27(17-21)16-18-6-2-1-3-7-18/h1-11,14,21,26H,12-13,15-17H2/p+2/t21-/m1/s1. The molecule has 3 N–H and O–H groups in total. The second-order valence-corrected chi connectivity index (χ2v) is 8.11. The van der Waals surface area contributed by atoms with Gasteiger partial charge in [0.05, 0.1) is 13.0 Å². The van der Waals surface area contributed by atoms with Gasteiger partial charge < -0.3 is 14.6 Å². The Labute approximate surface area is 169 Å². The first-order chi connectivity index (χ1) is 14.3. The molecule has 29 heavy (non-hydrogen) atoms. The van der Waals surface area contributed by atoms with E-state index >= 15 is 0 Å². The lowest BCUT2D eigenvalue weighted by molar-refractivity contribution is -0.911. The SMILES string of the molecule is O=c1cc(C[NH2+][C@@H]2CC[NH+](Cc3ccccc3)C2)c2c(ccc3ccccc32)o1. The Morgan fingerprint density at radius 1 is 1.00 bits per heavy atom. The highest BCUT2D eigenvalue weighted by molar-refractivity contribution is 6.06. The number of fused-ring (bicyclic) bond motifs is 3. The van der Waals surface area contributed by atoms with Gasteiger partial charge >= 0.3 is 5.63 Å². The molecule has 1 aromatic heterocycles. The van der Waals surface area contributed by atoms with E-state index in [9.17, 15) is 4.79 Å². The molecule has 1 fully saturated rings. The molecule has 4 heteroatoms. The van der Waals surface area contributed by atoms with Crippen LogP contribution in [-0.4, -0.2) is 19.1 Å². The van der Waals surface area contributed by atoms with E-state index in [-0.39, 0.29) is 5.63 Å². The fourth-order valence-corrected chi connectivity index (χ4v) is 4.69. The van der Waals surface area contributed by atoms with Gasteiger partial charge in [-0.1, -0.05) is 60.7 Å². The molecule has 0 bridgehead atoms. The van der Waals surface area contributed by atoms with E-state index < -0.39 is 0 Å². The Hall–Kier alpha value is -2.95. The molecule has 1 unspecified atom stereocenters. The van der Waals surface area contributed by atoms with Gasteiger partial charge in [-0.3, -0.25) is 0 Å². The number of benzene rings is 3. The number of hydrogen-bond acceptors (Lipinski definition) is 2. The molecular weight excluding hydrogens is 360 g/mol. The minimum Gasteiger partial charge on any atom is -0.423 e. The molecule has 3 aromatic carbocycles. The van der Waals surface area contributed by atoms with Crippen molar-refractivity contribution in [3.8, 4) is 0 Å². The highest BCUT2D eigenvalue weighted by Gasteiger charge is 2.29. The molecule has 0 aliphatic carbocycles. The van der Waals surface area contributed by atoms with E-state index in [1.165, 1.54) is 23.9 Å². The summed E-state index contributed by atoms with van der Waals surface area (Å²) in [6.07, 6.45) is 1.21. The molecule has 4 aromatic rings. The quantitative estimate of drug-likeness (QED) is 0.406. The molecule has 146 valence electrons. The fourth-order valence-electron chi connectivity index (χ4n) is 4.69. The number of hydrogen-bond donors (Lipinski definition) is 2. The Morgan fingerprint density at radius 2 is 1.83 bits per heavy atom. The van der Waals surface area contributed by atoms with Crippen molar-refractivity contribution >= 4 is 21.7 Å². The Kier molecular flexibility index (Phi) is 4.88. The van der Waals surface area contributed by atoms with Gasteiger partial charge in [-0.25, -0.2) is 4.79 Å². The molecule has 1 saturated heterocycles. The molecule has 1 aliphatic rings. The van der Waals surface area contributed by atoms with Crippen LogP contribution in [0.15, 0.2) is 82.0 Å². The van der Waals surface area contributed by atoms with Gasteiger partial charge in [0.1, 0.15) is 31.3 Å². The van der Waals surface area contributed by atoms with Crippen LogP contribution in [0, 0.1) is 0 Å². The highest BCUT2D eigenvalue weighted by Crippen LogP contribution is 2.26. The second kappa shape index (κ2) is 7.82. The molecular formula is C25H26N2O2+2.